The van der Waals surface area contributed by atoms with Crippen LogP contribution in [0.1, 0.15) is 11.1 Å². The fourth-order valence-electron chi connectivity index (χ4n) is 2.29. The summed E-state index contributed by atoms with van der Waals surface area (Å²) in [5.41, 5.74) is 6.67. The molecule has 0 unspecified atom stereocenters. The molecule has 1 aliphatic rings. The summed E-state index contributed by atoms with van der Waals surface area (Å²) in [6, 6.07) is 9.25. The number of nitro groups is 1. The standard InChI is InChI=1S/C17H11Cl2N3O4S/c18-12-5-10(7-14-16(23)21-17(20)27-14)6-13(19)15(12)26-8-9-2-1-3-11(4-9)22(24)25/h1-7H,8H2,(H2,20,21,23). The molecule has 0 aliphatic carbocycles. The molecule has 1 heterocycles. The van der Waals surface area contributed by atoms with Crippen LogP contribution in [-0.4, -0.2) is 16.0 Å². The third kappa shape index (κ3) is 4.60. The van der Waals surface area contributed by atoms with Crippen molar-refractivity contribution in [2.45, 2.75) is 6.61 Å². The number of rotatable bonds is 5. The van der Waals surface area contributed by atoms with E-state index in [1.807, 2.05) is 0 Å². The number of amidine groups is 1. The SMILES string of the molecule is NC1=NC(=O)C(=Cc2cc(Cl)c(OCc3cccc([N+](=O)[O-])c3)c(Cl)c2)S1. The number of benzene rings is 2. The van der Waals surface area contributed by atoms with Crippen molar-refractivity contribution in [3.63, 3.8) is 0 Å². The van der Waals surface area contributed by atoms with E-state index in [2.05, 4.69) is 4.99 Å². The summed E-state index contributed by atoms with van der Waals surface area (Å²) in [7, 11) is 0. The minimum atomic E-state index is -0.482. The first-order valence-electron chi connectivity index (χ1n) is 7.46. The second kappa shape index (κ2) is 7.99. The number of carbonyl (C=O) groups is 1. The van der Waals surface area contributed by atoms with Crippen molar-refractivity contribution >= 4 is 57.8 Å². The van der Waals surface area contributed by atoms with Gasteiger partial charge in [-0.1, -0.05) is 35.3 Å². The molecule has 2 N–H and O–H groups in total. The van der Waals surface area contributed by atoms with Crippen LogP contribution < -0.4 is 10.5 Å². The molecule has 0 saturated carbocycles. The van der Waals surface area contributed by atoms with E-state index in [9.17, 15) is 14.9 Å². The number of carbonyl (C=O) groups excluding carboxylic acids is 1. The minimum Gasteiger partial charge on any atom is -0.486 e. The Morgan fingerprint density at radius 3 is 2.56 bits per heavy atom. The molecule has 0 radical (unpaired) electrons. The Morgan fingerprint density at radius 2 is 1.96 bits per heavy atom. The summed E-state index contributed by atoms with van der Waals surface area (Å²) >= 11 is 13.5. The third-order valence-electron chi connectivity index (χ3n) is 3.46. The highest BCUT2D eigenvalue weighted by atomic mass is 35.5. The number of nitrogens with zero attached hydrogens (tertiary/aromatic N) is 2. The number of non-ortho nitro benzene ring substituents is 1. The predicted molar refractivity (Wildman–Crippen MR) is 106 cm³/mol. The van der Waals surface area contributed by atoms with Crippen LogP contribution in [0.5, 0.6) is 5.75 Å². The Bertz CT molecular complexity index is 984. The summed E-state index contributed by atoms with van der Waals surface area (Å²) in [5, 5.41) is 11.5. The quantitative estimate of drug-likeness (QED) is 0.433. The van der Waals surface area contributed by atoms with Gasteiger partial charge in [-0.25, -0.2) is 0 Å². The number of hydrogen-bond donors (Lipinski definition) is 1. The highest BCUT2D eigenvalue weighted by Crippen LogP contribution is 2.36. The molecular weight excluding hydrogens is 413 g/mol. The molecular formula is C17H11Cl2N3O4S. The topological polar surface area (TPSA) is 108 Å². The van der Waals surface area contributed by atoms with Crippen molar-refractivity contribution in [3.05, 3.63) is 72.6 Å². The highest BCUT2D eigenvalue weighted by molar-refractivity contribution is 8.18. The third-order valence-corrected chi connectivity index (χ3v) is 4.83. The lowest BCUT2D eigenvalue weighted by Crippen LogP contribution is -2.01. The molecule has 2 aromatic carbocycles. The number of nitro benzene ring substituents is 1. The Hall–Kier alpha value is -2.55. The van der Waals surface area contributed by atoms with E-state index in [0.717, 1.165) is 11.8 Å². The van der Waals surface area contributed by atoms with E-state index in [0.29, 0.717) is 16.0 Å². The van der Waals surface area contributed by atoms with Gasteiger partial charge in [-0.15, -0.1) is 0 Å². The zero-order valence-corrected chi connectivity index (χ0v) is 15.8. The second-order valence-electron chi connectivity index (χ2n) is 5.40. The summed E-state index contributed by atoms with van der Waals surface area (Å²) in [4.78, 5) is 26.0. The van der Waals surface area contributed by atoms with E-state index in [4.69, 9.17) is 33.7 Å². The van der Waals surface area contributed by atoms with Gasteiger partial charge in [0.2, 0.25) is 0 Å². The Labute approximate surface area is 168 Å². The maximum Gasteiger partial charge on any atom is 0.286 e. The number of aliphatic imine (C=N–C) groups is 1. The van der Waals surface area contributed by atoms with Crippen LogP contribution in [0.2, 0.25) is 10.0 Å². The number of amides is 1. The zero-order valence-electron chi connectivity index (χ0n) is 13.5. The van der Waals surface area contributed by atoms with Crippen LogP contribution in [0, 0.1) is 10.1 Å². The number of halogens is 2. The van der Waals surface area contributed by atoms with E-state index < -0.39 is 10.8 Å². The lowest BCUT2D eigenvalue weighted by molar-refractivity contribution is -0.384. The number of hydrogen-bond acceptors (Lipinski definition) is 6. The van der Waals surface area contributed by atoms with E-state index in [1.54, 1.807) is 30.3 Å². The summed E-state index contributed by atoms with van der Waals surface area (Å²) in [5.74, 6) is -0.177. The first-order chi connectivity index (χ1) is 12.8. The zero-order chi connectivity index (χ0) is 19.6. The molecule has 0 atom stereocenters. The molecule has 1 aliphatic heterocycles. The molecule has 0 fully saturated rings. The van der Waals surface area contributed by atoms with Gasteiger partial charge < -0.3 is 10.5 Å². The Balaban J connectivity index is 1.78. The average Bonchev–Trinajstić information content (AvgIpc) is 2.91. The predicted octanol–water partition coefficient (Wildman–Crippen LogP) is 4.41. The monoisotopic (exact) mass is 423 g/mol. The van der Waals surface area contributed by atoms with Gasteiger partial charge in [-0.05, 0) is 41.1 Å². The summed E-state index contributed by atoms with van der Waals surface area (Å²) in [6.45, 7) is 0.0558. The van der Waals surface area contributed by atoms with Crippen molar-refractivity contribution in [2.75, 3.05) is 0 Å². The molecule has 10 heteroatoms. The average molecular weight is 424 g/mol. The maximum absolute atomic E-state index is 11.7. The molecule has 7 nitrogen and oxygen atoms in total. The van der Waals surface area contributed by atoms with Gasteiger partial charge in [0, 0.05) is 12.1 Å². The molecule has 0 bridgehead atoms. The van der Waals surface area contributed by atoms with Crippen LogP contribution in [-0.2, 0) is 11.4 Å². The van der Waals surface area contributed by atoms with E-state index in [-0.39, 0.29) is 33.3 Å². The first kappa shape index (κ1) is 19.2. The van der Waals surface area contributed by atoms with Crippen LogP contribution in [0.15, 0.2) is 46.3 Å². The largest absolute Gasteiger partial charge is 0.486 e. The molecule has 2 aromatic rings. The first-order valence-corrected chi connectivity index (χ1v) is 9.04. The smallest absolute Gasteiger partial charge is 0.286 e. The Kier molecular flexibility index (Phi) is 5.69. The summed E-state index contributed by atoms with van der Waals surface area (Å²) < 4.78 is 5.63. The van der Waals surface area contributed by atoms with Crippen molar-refractivity contribution in [2.24, 2.45) is 10.7 Å². The van der Waals surface area contributed by atoms with Crippen LogP contribution in [0.3, 0.4) is 0 Å². The van der Waals surface area contributed by atoms with Crippen LogP contribution in [0.25, 0.3) is 6.08 Å². The molecule has 1 amide bonds. The van der Waals surface area contributed by atoms with Crippen molar-refractivity contribution < 1.29 is 14.5 Å². The van der Waals surface area contributed by atoms with E-state index >= 15 is 0 Å². The normalized spacial score (nSPS) is 15.1. The number of thioether (sulfide) groups is 1. The number of ether oxygens (including phenoxy) is 1. The van der Waals surface area contributed by atoms with Crippen molar-refractivity contribution in [1.82, 2.24) is 0 Å². The lowest BCUT2D eigenvalue weighted by Gasteiger charge is -2.11. The Morgan fingerprint density at radius 1 is 1.26 bits per heavy atom. The molecule has 138 valence electrons. The van der Waals surface area contributed by atoms with Gasteiger partial charge in [0.15, 0.2) is 10.9 Å². The minimum absolute atomic E-state index is 0.0320. The van der Waals surface area contributed by atoms with Gasteiger partial charge in [-0.2, -0.15) is 4.99 Å². The molecule has 27 heavy (non-hydrogen) atoms. The van der Waals surface area contributed by atoms with Gasteiger partial charge in [0.1, 0.15) is 6.61 Å². The van der Waals surface area contributed by atoms with Crippen LogP contribution in [0.4, 0.5) is 5.69 Å². The fraction of sp³-hybridized carbons (Fsp3) is 0.0588. The molecule has 3 rings (SSSR count). The maximum atomic E-state index is 11.7. The van der Waals surface area contributed by atoms with Gasteiger partial charge in [0.05, 0.1) is 19.9 Å². The van der Waals surface area contributed by atoms with Crippen molar-refractivity contribution in [1.29, 1.82) is 0 Å². The fourth-order valence-corrected chi connectivity index (χ4v) is 3.59. The van der Waals surface area contributed by atoms with E-state index in [1.165, 1.54) is 12.1 Å². The molecule has 0 aromatic heterocycles. The van der Waals surface area contributed by atoms with Gasteiger partial charge in [-0.3, -0.25) is 14.9 Å². The summed E-state index contributed by atoms with van der Waals surface area (Å²) in [6.07, 6.45) is 1.58. The van der Waals surface area contributed by atoms with Gasteiger partial charge >= 0.3 is 0 Å². The van der Waals surface area contributed by atoms with Gasteiger partial charge in [0.25, 0.3) is 11.6 Å². The highest BCUT2D eigenvalue weighted by Gasteiger charge is 2.20. The number of nitrogens with two attached hydrogens (primary N) is 1. The van der Waals surface area contributed by atoms with Crippen LogP contribution >= 0.6 is 35.0 Å². The lowest BCUT2D eigenvalue weighted by atomic mass is 10.2. The van der Waals surface area contributed by atoms with Crippen molar-refractivity contribution in [3.8, 4) is 5.75 Å². The second-order valence-corrected chi connectivity index (χ2v) is 7.27. The molecule has 0 spiro atoms. The molecule has 0 saturated heterocycles.